The van der Waals surface area contributed by atoms with Crippen molar-refractivity contribution in [3.8, 4) is 5.75 Å². The third kappa shape index (κ3) is 1.48. The molecular formula is C11H11N3O4. The number of fused-ring (bicyclic) bond motifs is 1. The highest BCUT2D eigenvalue weighted by Crippen LogP contribution is 2.43. The lowest BCUT2D eigenvalue weighted by Gasteiger charge is -2.14. The molecule has 0 bridgehead atoms. The molecule has 0 fully saturated rings. The first-order valence-electron chi connectivity index (χ1n) is 5.08. The number of benzene rings is 1. The van der Waals surface area contributed by atoms with Gasteiger partial charge in [0.15, 0.2) is 0 Å². The summed E-state index contributed by atoms with van der Waals surface area (Å²) in [6, 6.07) is 3.72. The zero-order valence-corrected chi connectivity index (χ0v) is 9.54. The second-order valence-corrected chi connectivity index (χ2v) is 3.75. The fourth-order valence-electron chi connectivity index (χ4n) is 2.04. The van der Waals surface area contributed by atoms with Crippen molar-refractivity contribution in [2.24, 2.45) is 11.5 Å². The third-order valence-corrected chi connectivity index (χ3v) is 2.76. The van der Waals surface area contributed by atoms with Crippen LogP contribution >= 0.6 is 0 Å². The van der Waals surface area contributed by atoms with Gasteiger partial charge in [0.2, 0.25) is 5.91 Å². The summed E-state index contributed by atoms with van der Waals surface area (Å²) in [5.74, 6) is -2.52. The number of rotatable bonds is 2. The van der Waals surface area contributed by atoms with Crippen LogP contribution in [0.25, 0.3) is 0 Å². The average molecular weight is 249 g/mol. The summed E-state index contributed by atoms with van der Waals surface area (Å²) in [5.41, 5.74) is 10.8. The van der Waals surface area contributed by atoms with Gasteiger partial charge >= 0.3 is 6.03 Å². The van der Waals surface area contributed by atoms with Crippen LogP contribution in [0.3, 0.4) is 0 Å². The van der Waals surface area contributed by atoms with E-state index in [9.17, 15) is 14.4 Å². The van der Waals surface area contributed by atoms with Crippen molar-refractivity contribution in [2.45, 2.75) is 5.92 Å². The van der Waals surface area contributed by atoms with Crippen LogP contribution in [-0.4, -0.2) is 25.0 Å². The number of nitrogens with two attached hydrogens (primary N) is 2. The van der Waals surface area contributed by atoms with Gasteiger partial charge < -0.3 is 16.2 Å². The molecule has 0 spiro atoms. The lowest BCUT2D eigenvalue weighted by atomic mass is 10.00. The van der Waals surface area contributed by atoms with E-state index in [-0.39, 0.29) is 11.4 Å². The number of amides is 4. The number of carbonyl (C=O) groups excluding carboxylic acids is 3. The first-order valence-corrected chi connectivity index (χ1v) is 5.08. The van der Waals surface area contributed by atoms with Crippen LogP contribution in [0.4, 0.5) is 10.5 Å². The van der Waals surface area contributed by atoms with Gasteiger partial charge in [0, 0.05) is 5.56 Å². The number of imide groups is 1. The lowest BCUT2D eigenvalue weighted by molar-refractivity contribution is -0.127. The molecule has 0 radical (unpaired) electrons. The Hall–Kier alpha value is -2.57. The molecule has 1 aromatic carbocycles. The largest absolute Gasteiger partial charge is 0.495 e. The molecule has 94 valence electrons. The quantitative estimate of drug-likeness (QED) is 0.699. The van der Waals surface area contributed by atoms with Crippen LogP contribution in [0.2, 0.25) is 0 Å². The molecule has 4 N–H and O–H groups in total. The minimum absolute atomic E-state index is 0.182. The SMILES string of the molecule is COc1cccc2c1N(C(N)=O)C(=O)C2C(N)=O. The standard InChI is InChI=1S/C11H11N3O4/c1-18-6-4-2-3-5-7(9(12)15)10(16)14(8(5)6)11(13)17/h2-4,7H,1H3,(H2,12,15)(H2,13,17). The van der Waals surface area contributed by atoms with Gasteiger partial charge in [0.05, 0.1) is 7.11 Å². The van der Waals surface area contributed by atoms with Gasteiger partial charge in [0.25, 0.3) is 5.91 Å². The number of hydrogen-bond donors (Lipinski definition) is 2. The average Bonchev–Trinajstić information content (AvgIpc) is 2.60. The summed E-state index contributed by atoms with van der Waals surface area (Å²) in [4.78, 5) is 35.3. The van der Waals surface area contributed by atoms with Crippen molar-refractivity contribution in [3.63, 3.8) is 0 Å². The number of ether oxygens (including phenoxy) is 1. The summed E-state index contributed by atoms with van der Waals surface area (Å²) in [6.07, 6.45) is 0. The molecule has 0 aromatic heterocycles. The fourth-order valence-corrected chi connectivity index (χ4v) is 2.04. The number of nitrogens with zero attached hydrogens (tertiary/aromatic N) is 1. The number of methoxy groups -OCH3 is 1. The molecule has 2 rings (SSSR count). The van der Waals surface area contributed by atoms with Gasteiger partial charge in [-0.15, -0.1) is 0 Å². The second kappa shape index (κ2) is 4.02. The molecule has 7 nitrogen and oxygen atoms in total. The summed E-state index contributed by atoms with van der Waals surface area (Å²) in [6.45, 7) is 0. The highest BCUT2D eigenvalue weighted by Gasteiger charge is 2.45. The molecule has 1 unspecified atom stereocenters. The molecule has 1 aliphatic heterocycles. The van der Waals surface area contributed by atoms with Crippen LogP contribution in [0.1, 0.15) is 11.5 Å². The van der Waals surface area contributed by atoms with E-state index in [1.54, 1.807) is 12.1 Å². The monoisotopic (exact) mass is 249 g/mol. The van der Waals surface area contributed by atoms with Gasteiger partial charge in [-0.05, 0) is 6.07 Å². The molecule has 1 aliphatic rings. The molecule has 4 amide bonds. The summed E-state index contributed by atoms with van der Waals surface area (Å²) >= 11 is 0. The minimum atomic E-state index is -1.21. The second-order valence-electron chi connectivity index (χ2n) is 3.75. The Bertz CT molecular complexity index is 555. The van der Waals surface area contributed by atoms with E-state index >= 15 is 0 Å². The maximum absolute atomic E-state index is 12.0. The number of para-hydroxylation sites is 1. The predicted molar refractivity (Wildman–Crippen MR) is 62.0 cm³/mol. The smallest absolute Gasteiger partial charge is 0.326 e. The van der Waals surface area contributed by atoms with Gasteiger partial charge in [0.1, 0.15) is 17.4 Å². The van der Waals surface area contributed by atoms with Gasteiger partial charge in [-0.1, -0.05) is 12.1 Å². The Morgan fingerprint density at radius 2 is 2.00 bits per heavy atom. The number of primary amides is 2. The highest BCUT2D eigenvalue weighted by atomic mass is 16.5. The van der Waals surface area contributed by atoms with E-state index in [0.717, 1.165) is 0 Å². The first kappa shape index (κ1) is 11.9. The summed E-state index contributed by atoms with van der Waals surface area (Å²) in [7, 11) is 1.39. The van der Waals surface area contributed by atoms with Crippen LogP contribution in [0, 0.1) is 0 Å². The Morgan fingerprint density at radius 1 is 1.33 bits per heavy atom. The molecular weight excluding hydrogens is 238 g/mol. The van der Waals surface area contributed by atoms with Gasteiger partial charge in [-0.2, -0.15) is 0 Å². The van der Waals surface area contributed by atoms with E-state index in [4.69, 9.17) is 16.2 Å². The number of hydrogen-bond acceptors (Lipinski definition) is 4. The molecule has 0 saturated carbocycles. The molecule has 7 heteroatoms. The van der Waals surface area contributed by atoms with E-state index in [0.29, 0.717) is 10.5 Å². The fraction of sp³-hybridized carbons (Fsp3) is 0.182. The molecule has 0 aliphatic carbocycles. The predicted octanol–water partition coefficient (Wildman–Crippen LogP) is -0.311. The minimum Gasteiger partial charge on any atom is -0.495 e. The number of carbonyl (C=O) groups is 3. The first-order chi connectivity index (χ1) is 8.49. The van der Waals surface area contributed by atoms with E-state index in [1.807, 2.05) is 0 Å². The van der Waals surface area contributed by atoms with Crippen molar-refractivity contribution in [1.29, 1.82) is 0 Å². The Balaban J connectivity index is 2.70. The van der Waals surface area contributed by atoms with E-state index in [2.05, 4.69) is 0 Å². The molecule has 1 aromatic rings. The zero-order valence-electron chi connectivity index (χ0n) is 9.54. The van der Waals surface area contributed by atoms with Gasteiger partial charge in [-0.25, -0.2) is 9.69 Å². The molecule has 1 atom stereocenters. The third-order valence-electron chi connectivity index (χ3n) is 2.76. The zero-order chi connectivity index (χ0) is 13.4. The normalized spacial score (nSPS) is 17.5. The number of urea groups is 1. The van der Waals surface area contributed by atoms with Crippen molar-refractivity contribution in [2.75, 3.05) is 12.0 Å². The van der Waals surface area contributed by atoms with Crippen LogP contribution in [-0.2, 0) is 9.59 Å². The van der Waals surface area contributed by atoms with Crippen LogP contribution in [0.15, 0.2) is 18.2 Å². The number of anilines is 1. The van der Waals surface area contributed by atoms with Crippen molar-refractivity contribution in [1.82, 2.24) is 0 Å². The highest BCUT2D eigenvalue weighted by molar-refractivity contribution is 6.27. The lowest BCUT2D eigenvalue weighted by Crippen LogP contribution is -2.41. The van der Waals surface area contributed by atoms with E-state index in [1.165, 1.54) is 13.2 Å². The summed E-state index contributed by atoms with van der Waals surface area (Å²) in [5, 5.41) is 0. The molecule has 0 saturated heterocycles. The maximum Gasteiger partial charge on any atom is 0.326 e. The topological polar surface area (TPSA) is 116 Å². The van der Waals surface area contributed by atoms with E-state index < -0.39 is 23.8 Å². The van der Waals surface area contributed by atoms with Gasteiger partial charge in [-0.3, -0.25) is 9.59 Å². The van der Waals surface area contributed by atoms with Crippen molar-refractivity contribution < 1.29 is 19.1 Å². The molecule has 18 heavy (non-hydrogen) atoms. The maximum atomic E-state index is 12.0. The Labute approximate surface area is 102 Å². The van der Waals surface area contributed by atoms with Crippen molar-refractivity contribution in [3.05, 3.63) is 23.8 Å². The Morgan fingerprint density at radius 3 is 2.50 bits per heavy atom. The van der Waals surface area contributed by atoms with Crippen molar-refractivity contribution >= 4 is 23.5 Å². The molecule has 1 heterocycles. The van der Waals surface area contributed by atoms with Crippen LogP contribution in [0.5, 0.6) is 5.75 Å². The summed E-state index contributed by atoms with van der Waals surface area (Å²) < 4.78 is 5.06. The van der Waals surface area contributed by atoms with Crippen LogP contribution < -0.4 is 21.1 Å². The Kier molecular flexibility index (Phi) is 2.66.